The van der Waals surface area contributed by atoms with E-state index in [1.807, 2.05) is 48.5 Å². The molecule has 3 heteroatoms. The molecule has 0 aliphatic carbocycles. The van der Waals surface area contributed by atoms with Crippen molar-refractivity contribution in [3.05, 3.63) is 69.2 Å². The second-order valence-electron chi connectivity index (χ2n) is 4.52. The van der Waals surface area contributed by atoms with E-state index in [0.29, 0.717) is 11.4 Å². The zero-order valence-corrected chi connectivity index (χ0v) is 12.4. The highest BCUT2D eigenvalue weighted by Gasteiger charge is 2.26. The third-order valence-corrected chi connectivity index (χ3v) is 4.01. The lowest BCUT2D eigenvalue weighted by Crippen LogP contribution is -2.25. The van der Waals surface area contributed by atoms with E-state index in [-0.39, 0.29) is 0 Å². The average Bonchev–Trinajstić information content (AvgIpc) is 2.32. The van der Waals surface area contributed by atoms with E-state index < -0.39 is 5.60 Å². The van der Waals surface area contributed by atoms with Gasteiger partial charge in [-0.3, -0.25) is 0 Å². The minimum absolute atomic E-state index is 0.481. The molecule has 0 aliphatic heterocycles. The molecule has 0 radical (unpaired) electrons. The second-order valence-corrected chi connectivity index (χ2v) is 5.78. The summed E-state index contributed by atoms with van der Waals surface area (Å²) in [5.74, 6) is 0. The van der Waals surface area contributed by atoms with Crippen LogP contribution in [0.1, 0.15) is 18.1 Å². The van der Waals surface area contributed by atoms with Gasteiger partial charge in [0.25, 0.3) is 0 Å². The number of aliphatic hydroxyl groups is 1. The first-order valence-electron chi connectivity index (χ1n) is 5.71. The SMILES string of the molecule is CC(O)(Cc1ccccc1Cl)c1ccccc1Br. The molecule has 2 aromatic carbocycles. The molecule has 1 nitrogen and oxygen atoms in total. The maximum atomic E-state index is 10.7. The highest BCUT2D eigenvalue weighted by Crippen LogP contribution is 2.32. The van der Waals surface area contributed by atoms with E-state index in [1.54, 1.807) is 6.92 Å². The van der Waals surface area contributed by atoms with Crippen LogP contribution in [0.4, 0.5) is 0 Å². The summed E-state index contributed by atoms with van der Waals surface area (Å²) in [6.07, 6.45) is 0.481. The third-order valence-electron chi connectivity index (χ3n) is 2.95. The smallest absolute Gasteiger partial charge is 0.0920 e. The summed E-state index contributed by atoms with van der Waals surface area (Å²) < 4.78 is 0.905. The Bertz CT molecular complexity index is 552. The van der Waals surface area contributed by atoms with E-state index in [4.69, 9.17) is 11.6 Å². The first-order chi connectivity index (χ1) is 8.50. The van der Waals surface area contributed by atoms with Gasteiger partial charge in [0.15, 0.2) is 0 Å². The van der Waals surface area contributed by atoms with E-state index in [0.717, 1.165) is 15.6 Å². The fourth-order valence-corrected chi connectivity index (χ4v) is 2.92. The Kier molecular flexibility index (Phi) is 4.10. The first kappa shape index (κ1) is 13.6. The van der Waals surface area contributed by atoms with Gasteiger partial charge in [-0.2, -0.15) is 0 Å². The van der Waals surface area contributed by atoms with Crippen LogP contribution >= 0.6 is 27.5 Å². The molecule has 0 saturated heterocycles. The van der Waals surface area contributed by atoms with Crippen molar-refractivity contribution < 1.29 is 5.11 Å². The zero-order valence-electron chi connectivity index (χ0n) is 10.0. The molecule has 0 saturated carbocycles. The fourth-order valence-electron chi connectivity index (χ4n) is 2.01. The van der Waals surface area contributed by atoms with Crippen LogP contribution in [0.2, 0.25) is 5.02 Å². The van der Waals surface area contributed by atoms with Gasteiger partial charge in [-0.15, -0.1) is 0 Å². The molecule has 0 heterocycles. The van der Waals surface area contributed by atoms with Crippen LogP contribution in [0.3, 0.4) is 0 Å². The summed E-state index contributed by atoms with van der Waals surface area (Å²) in [5, 5.41) is 11.3. The van der Waals surface area contributed by atoms with Gasteiger partial charge in [-0.05, 0) is 30.2 Å². The van der Waals surface area contributed by atoms with Crippen molar-refractivity contribution in [1.29, 1.82) is 0 Å². The van der Waals surface area contributed by atoms with Crippen LogP contribution in [-0.4, -0.2) is 5.11 Å². The van der Waals surface area contributed by atoms with E-state index in [1.165, 1.54) is 0 Å². The Balaban J connectivity index is 2.33. The molecular weight excluding hydrogens is 312 g/mol. The Morgan fingerprint density at radius 1 is 1.11 bits per heavy atom. The van der Waals surface area contributed by atoms with Gasteiger partial charge in [-0.1, -0.05) is 63.9 Å². The Morgan fingerprint density at radius 3 is 2.39 bits per heavy atom. The predicted molar refractivity (Wildman–Crippen MR) is 78.9 cm³/mol. The van der Waals surface area contributed by atoms with Crippen LogP contribution in [0.15, 0.2) is 53.0 Å². The molecule has 0 spiro atoms. The van der Waals surface area contributed by atoms with Crippen LogP contribution in [0, 0.1) is 0 Å². The molecule has 1 unspecified atom stereocenters. The number of rotatable bonds is 3. The van der Waals surface area contributed by atoms with E-state index in [2.05, 4.69) is 15.9 Å². The summed E-state index contributed by atoms with van der Waals surface area (Å²) in [4.78, 5) is 0. The summed E-state index contributed by atoms with van der Waals surface area (Å²) >= 11 is 9.61. The molecule has 2 rings (SSSR count). The monoisotopic (exact) mass is 324 g/mol. The molecule has 0 fully saturated rings. The number of hydrogen-bond donors (Lipinski definition) is 1. The van der Waals surface area contributed by atoms with Crippen molar-refractivity contribution in [1.82, 2.24) is 0 Å². The second kappa shape index (κ2) is 5.43. The molecular formula is C15H14BrClO. The number of hydrogen-bond acceptors (Lipinski definition) is 1. The lowest BCUT2D eigenvalue weighted by molar-refractivity contribution is 0.0569. The van der Waals surface area contributed by atoms with Crippen molar-refractivity contribution in [3.8, 4) is 0 Å². The predicted octanol–water partition coefficient (Wildman–Crippen LogP) is 4.55. The summed E-state index contributed by atoms with van der Waals surface area (Å²) in [5.41, 5.74) is 0.857. The van der Waals surface area contributed by atoms with Gasteiger partial charge in [0, 0.05) is 15.9 Å². The zero-order chi connectivity index (χ0) is 13.2. The highest BCUT2D eigenvalue weighted by atomic mass is 79.9. The van der Waals surface area contributed by atoms with Gasteiger partial charge >= 0.3 is 0 Å². The van der Waals surface area contributed by atoms with Crippen molar-refractivity contribution in [2.24, 2.45) is 0 Å². The summed E-state index contributed by atoms with van der Waals surface area (Å²) in [6, 6.07) is 15.3. The Morgan fingerprint density at radius 2 is 1.72 bits per heavy atom. The van der Waals surface area contributed by atoms with Gasteiger partial charge in [0.1, 0.15) is 0 Å². The molecule has 0 aromatic heterocycles. The van der Waals surface area contributed by atoms with E-state index >= 15 is 0 Å². The molecule has 2 aromatic rings. The highest BCUT2D eigenvalue weighted by molar-refractivity contribution is 9.10. The normalized spacial score (nSPS) is 14.2. The van der Waals surface area contributed by atoms with Gasteiger partial charge < -0.3 is 5.11 Å². The van der Waals surface area contributed by atoms with Crippen molar-refractivity contribution >= 4 is 27.5 Å². The number of halogens is 2. The van der Waals surface area contributed by atoms with Crippen LogP contribution in [0.25, 0.3) is 0 Å². The average molecular weight is 326 g/mol. The lowest BCUT2D eigenvalue weighted by Gasteiger charge is -2.25. The topological polar surface area (TPSA) is 20.2 Å². The number of benzene rings is 2. The first-order valence-corrected chi connectivity index (χ1v) is 6.88. The minimum Gasteiger partial charge on any atom is -0.385 e. The fraction of sp³-hybridized carbons (Fsp3) is 0.200. The van der Waals surface area contributed by atoms with Crippen LogP contribution < -0.4 is 0 Å². The molecule has 94 valence electrons. The largest absolute Gasteiger partial charge is 0.385 e. The summed E-state index contributed by atoms with van der Waals surface area (Å²) in [6.45, 7) is 1.80. The van der Waals surface area contributed by atoms with Crippen molar-refractivity contribution in [2.45, 2.75) is 18.9 Å². The van der Waals surface area contributed by atoms with E-state index in [9.17, 15) is 5.11 Å². The standard InChI is InChI=1S/C15H14BrClO/c1-15(18,12-7-3-4-8-13(12)16)10-11-6-2-5-9-14(11)17/h2-9,18H,10H2,1H3. The molecule has 1 atom stereocenters. The molecule has 18 heavy (non-hydrogen) atoms. The van der Waals surface area contributed by atoms with Gasteiger partial charge in [-0.25, -0.2) is 0 Å². The molecule has 0 bridgehead atoms. The molecule has 0 amide bonds. The van der Waals surface area contributed by atoms with Gasteiger partial charge in [0.2, 0.25) is 0 Å². The minimum atomic E-state index is -0.953. The maximum Gasteiger partial charge on any atom is 0.0920 e. The van der Waals surface area contributed by atoms with Crippen molar-refractivity contribution in [3.63, 3.8) is 0 Å². The maximum absolute atomic E-state index is 10.7. The molecule has 0 aliphatic rings. The third kappa shape index (κ3) is 2.94. The quantitative estimate of drug-likeness (QED) is 0.877. The van der Waals surface area contributed by atoms with Crippen molar-refractivity contribution in [2.75, 3.05) is 0 Å². The Labute approximate surface area is 121 Å². The van der Waals surface area contributed by atoms with Crippen LogP contribution in [-0.2, 0) is 12.0 Å². The van der Waals surface area contributed by atoms with Gasteiger partial charge in [0.05, 0.1) is 5.60 Å². The Hall–Kier alpha value is -0.830. The van der Waals surface area contributed by atoms with Crippen LogP contribution in [0.5, 0.6) is 0 Å². The lowest BCUT2D eigenvalue weighted by atomic mass is 9.89. The summed E-state index contributed by atoms with van der Waals surface area (Å²) in [7, 11) is 0. The molecule has 1 N–H and O–H groups in total.